The molecule has 0 spiro atoms. The number of hydrogen-bond acceptors (Lipinski definition) is 1. The van der Waals surface area contributed by atoms with Crippen LogP contribution in [-0.2, 0) is 4.79 Å². The van der Waals surface area contributed by atoms with E-state index < -0.39 is 0 Å². The molecule has 0 saturated heterocycles. The molecule has 0 fully saturated rings. The number of carbonyl (C=O) groups is 1. The summed E-state index contributed by atoms with van der Waals surface area (Å²) in [7, 11) is 0. The second-order valence-corrected chi connectivity index (χ2v) is 3.75. The smallest absolute Gasteiger partial charge is 0.127 e. The maximum Gasteiger partial charge on any atom is 0.127 e. The molecule has 13 heavy (non-hydrogen) atoms. The molecule has 1 rings (SSSR count). The second kappa shape index (κ2) is 4.22. The van der Waals surface area contributed by atoms with Crippen molar-refractivity contribution >= 4 is 6.29 Å². The highest BCUT2D eigenvalue weighted by molar-refractivity contribution is 5.61. The van der Waals surface area contributed by atoms with Gasteiger partial charge in [0.05, 0.1) is 0 Å². The number of rotatable bonds is 3. The summed E-state index contributed by atoms with van der Waals surface area (Å²) in [4.78, 5) is 10.5. The van der Waals surface area contributed by atoms with Crippen molar-refractivity contribution in [1.29, 1.82) is 0 Å². The van der Waals surface area contributed by atoms with Crippen LogP contribution < -0.4 is 0 Å². The van der Waals surface area contributed by atoms with Gasteiger partial charge >= 0.3 is 0 Å². The first-order chi connectivity index (χ1) is 6.15. The number of aldehydes is 1. The van der Waals surface area contributed by atoms with E-state index in [1.165, 1.54) is 5.56 Å². The van der Waals surface area contributed by atoms with E-state index in [0.717, 1.165) is 11.8 Å². The van der Waals surface area contributed by atoms with Crippen LogP contribution in [0, 0.1) is 0 Å². The van der Waals surface area contributed by atoms with Gasteiger partial charge in [-0.3, -0.25) is 0 Å². The molecule has 0 aliphatic carbocycles. The van der Waals surface area contributed by atoms with Gasteiger partial charge in [0, 0.05) is 5.92 Å². The topological polar surface area (TPSA) is 17.1 Å². The molecule has 1 atom stereocenters. The van der Waals surface area contributed by atoms with Crippen molar-refractivity contribution in [2.45, 2.75) is 32.6 Å². The van der Waals surface area contributed by atoms with E-state index in [2.05, 4.69) is 26.0 Å². The zero-order valence-electron chi connectivity index (χ0n) is 8.45. The van der Waals surface area contributed by atoms with Gasteiger partial charge in [-0.25, -0.2) is 0 Å². The molecule has 70 valence electrons. The van der Waals surface area contributed by atoms with Gasteiger partial charge in [-0.05, 0) is 17.0 Å². The van der Waals surface area contributed by atoms with Crippen LogP contribution in [0.5, 0.6) is 0 Å². The molecule has 1 unspecified atom stereocenters. The lowest BCUT2D eigenvalue weighted by molar-refractivity contribution is -0.108. The Bertz CT molecular complexity index is 272. The number of benzene rings is 1. The van der Waals surface area contributed by atoms with E-state index in [-0.39, 0.29) is 5.92 Å². The maximum atomic E-state index is 10.5. The zero-order chi connectivity index (χ0) is 9.84. The van der Waals surface area contributed by atoms with E-state index in [1.807, 2.05) is 19.1 Å². The van der Waals surface area contributed by atoms with Crippen molar-refractivity contribution < 1.29 is 4.79 Å². The standard InChI is InChI=1S/C12H16O/c1-9(2)11-4-6-12(7-5-11)10(3)8-13/h4-10H,1-3H3. The Balaban J connectivity index is 2.87. The molecule has 1 aromatic rings. The third-order valence-corrected chi connectivity index (χ3v) is 2.33. The van der Waals surface area contributed by atoms with E-state index in [4.69, 9.17) is 0 Å². The summed E-state index contributed by atoms with van der Waals surface area (Å²) in [6, 6.07) is 8.27. The quantitative estimate of drug-likeness (QED) is 0.647. The van der Waals surface area contributed by atoms with Gasteiger partial charge in [0.1, 0.15) is 6.29 Å². The second-order valence-electron chi connectivity index (χ2n) is 3.75. The molecule has 0 saturated carbocycles. The average molecular weight is 176 g/mol. The summed E-state index contributed by atoms with van der Waals surface area (Å²) in [6.45, 7) is 6.24. The van der Waals surface area contributed by atoms with E-state index in [1.54, 1.807) is 0 Å². The van der Waals surface area contributed by atoms with Crippen molar-refractivity contribution in [2.75, 3.05) is 0 Å². The lowest BCUT2D eigenvalue weighted by Gasteiger charge is -2.08. The lowest BCUT2D eigenvalue weighted by Crippen LogP contribution is -1.95. The van der Waals surface area contributed by atoms with E-state index in [9.17, 15) is 4.79 Å². The minimum atomic E-state index is 0.0150. The third kappa shape index (κ3) is 2.41. The summed E-state index contributed by atoms with van der Waals surface area (Å²) in [5.74, 6) is 0.571. The Hall–Kier alpha value is -1.11. The summed E-state index contributed by atoms with van der Waals surface area (Å²) < 4.78 is 0. The zero-order valence-corrected chi connectivity index (χ0v) is 8.45. The first kappa shape index (κ1) is 9.97. The Morgan fingerprint density at radius 3 is 1.85 bits per heavy atom. The van der Waals surface area contributed by atoms with Crippen LogP contribution in [-0.4, -0.2) is 6.29 Å². The summed E-state index contributed by atoms with van der Waals surface area (Å²) in [5, 5.41) is 0. The Labute approximate surface area is 79.8 Å². The van der Waals surface area contributed by atoms with Crippen LogP contribution in [0.25, 0.3) is 0 Å². The minimum absolute atomic E-state index is 0.0150. The highest BCUT2D eigenvalue weighted by atomic mass is 16.1. The molecule has 1 heteroatoms. The Morgan fingerprint density at radius 2 is 1.46 bits per heavy atom. The van der Waals surface area contributed by atoms with Gasteiger partial charge in [-0.2, -0.15) is 0 Å². The minimum Gasteiger partial charge on any atom is -0.303 e. The van der Waals surface area contributed by atoms with Crippen molar-refractivity contribution in [3.63, 3.8) is 0 Å². The van der Waals surface area contributed by atoms with Crippen molar-refractivity contribution in [1.82, 2.24) is 0 Å². The number of carbonyl (C=O) groups excluding carboxylic acids is 1. The van der Waals surface area contributed by atoms with Crippen molar-refractivity contribution in [3.8, 4) is 0 Å². The van der Waals surface area contributed by atoms with Gasteiger partial charge in [0.2, 0.25) is 0 Å². The number of hydrogen-bond donors (Lipinski definition) is 0. The molecule has 0 aromatic heterocycles. The van der Waals surface area contributed by atoms with Crippen molar-refractivity contribution in [3.05, 3.63) is 35.4 Å². The van der Waals surface area contributed by atoms with Gasteiger partial charge in [0.25, 0.3) is 0 Å². The van der Waals surface area contributed by atoms with Gasteiger partial charge in [0.15, 0.2) is 0 Å². The first-order valence-corrected chi connectivity index (χ1v) is 4.70. The molecule has 1 aromatic carbocycles. The van der Waals surface area contributed by atoms with E-state index in [0.29, 0.717) is 5.92 Å². The molecule has 0 N–H and O–H groups in total. The summed E-state index contributed by atoms with van der Waals surface area (Å²) >= 11 is 0. The molecule has 0 aliphatic heterocycles. The fraction of sp³-hybridized carbons (Fsp3) is 0.417. The highest BCUT2D eigenvalue weighted by Gasteiger charge is 2.04. The predicted octanol–water partition coefficient (Wildman–Crippen LogP) is 3.11. The van der Waals surface area contributed by atoms with E-state index >= 15 is 0 Å². The molecule has 0 radical (unpaired) electrons. The Kier molecular flexibility index (Phi) is 3.24. The Morgan fingerprint density at radius 1 is 1.00 bits per heavy atom. The monoisotopic (exact) mass is 176 g/mol. The fourth-order valence-corrected chi connectivity index (χ4v) is 1.26. The molecule has 0 aliphatic rings. The van der Waals surface area contributed by atoms with Crippen LogP contribution in [0.4, 0.5) is 0 Å². The van der Waals surface area contributed by atoms with Gasteiger partial charge in [-0.15, -0.1) is 0 Å². The normalized spacial score (nSPS) is 12.9. The van der Waals surface area contributed by atoms with Crippen LogP contribution >= 0.6 is 0 Å². The fourth-order valence-electron chi connectivity index (χ4n) is 1.26. The molecular weight excluding hydrogens is 160 g/mol. The molecule has 0 amide bonds. The van der Waals surface area contributed by atoms with Crippen LogP contribution in [0.2, 0.25) is 0 Å². The van der Waals surface area contributed by atoms with Crippen molar-refractivity contribution in [2.24, 2.45) is 0 Å². The maximum absolute atomic E-state index is 10.5. The summed E-state index contributed by atoms with van der Waals surface area (Å²) in [6.07, 6.45) is 0.977. The molecule has 0 bridgehead atoms. The summed E-state index contributed by atoms with van der Waals surface area (Å²) in [5.41, 5.74) is 2.42. The van der Waals surface area contributed by atoms with Gasteiger partial charge in [-0.1, -0.05) is 45.0 Å². The van der Waals surface area contributed by atoms with Crippen LogP contribution in [0.1, 0.15) is 43.7 Å². The third-order valence-electron chi connectivity index (χ3n) is 2.33. The highest BCUT2D eigenvalue weighted by Crippen LogP contribution is 2.18. The molecular formula is C12H16O. The molecule has 1 nitrogen and oxygen atoms in total. The molecule has 0 heterocycles. The largest absolute Gasteiger partial charge is 0.303 e. The average Bonchev–Trinajstić information content (AvgIpc) is 2.17. The van der Waals surface area contributed by atoms with Crippen LogP contribution in [0.3, 0.4) is 0 Å². The first-order valence-electron chi connectivity index (χ1n) is 4.70. The SMILES string of the molecule is CC(C)c1ccc(C(C)C=O)cc1. The predicted molar refractivity (Wildman–Crippen MR) is 55.0 cm³/mol. The van der Waals surface area contributed by atoms with Crippen LogP contribution in [0.15, 0.2) is 24.3 Å². The lowest BCUT2D eigenvalue weighted by atomic mass is 9.97. The van der Waals surface area contributed by atoms with Gasteiger partial charge < -0.3 is 4.79 Å².